The van der Waals surface area contributed by atoms with E-state index in [1.165, 1.54) is 0 Å². The van der Waals surface area contributed by atoms with E-state index < -0.39 is 0 Å². The molecule has 1 unspecified atom stereocenters. The fraction of sp³-hybridized carbons (Fsp3) is 0.571. The third kappa shape index (κ3) is 3.71. The summed E-state index contributed by atoms with van der Waals surface area (Å²) in [5, 5.41) is 12.5. The Labute approximate surface area is 109 Å². The van der Waals surface area contributed by atoms with Crippen LogP contribution in [0.25, 0.3) is 0 Å². The summed E-state index contributed by atoms with van der Waals surface area (Å²) in [5.74, 6) is 0.672. The van der Waals surface area contributed by atoms with Gasteiger partial charge in [0.05, 0.1) is 18.2 Å². The number of hydrogen-bond donors (Lipinski definition) is 1. The third-order valence-corrected chi connectivity index (χ3v) is 2.80. The molecule has 0 aromatic carbocycles. The maximum absolute atomic E-state index is 9.20. The summed E-state index contributed by atoms with van der Waals surface area (Å²) in [6, 6.07) is 4.34. The summed E-state index contributed by atoms with van der Waals surface area (Å²) in [7, 11) is 1.68. The van der Waals surface area contributed by atoms with Crippen molar-refractivity contribution in [1.82, 2.24) is 4.98 Å². The van der Waals surface area contributed by atoms with E-state index in [1.54, 1.807) is 7.11 Å². The number of aromatic nitrogens is 1. The summed E-state index contributed by atoms with van der Waals surface area (Å²) in [6.07, 6.45) is 2.06. The maximum atomic E-state index is 9.20. The molecule has 0 aliphatic heterocycles. The van der Waals surface area contributed by atoms with Gasteiger partial charge in [0.15, 0.2) is 0 Å². The van der Waals surface area contributed by atoms with Crippen LogP contribution in [0.3, 0.4) is 0 Å². The Balaban J connectivity index is 2.97. The lowest BCUT2D eigenvalue weighted by Crippen LogP contribution is -2.26. The monoisotopic (exact) mass is 247 g/mol. The van der Waals surface area contributed by atoms with Gasteiger partial charge in [0.2, 0.25) is 0 Å². The Morgan fingerprint density at radius 3 is 2.78 bits per heavy atom. The first-order valence-electron chi connectivity index (χ1n) is 6.26. The number of nitriles is 1. The molecule has 0 spiro atoms. The number of methoxy groups -OCH3 is 1. The number of rotatable bonds is 6. The van der Waals surface area contributed by atoms with E-state index in [0.717, 1.165) is 24.1 Å². The molecule has 98 valence electrons. The number of nitrogens with one attached hydrogen (secondary N) is 1. The molecule has 4 heteroatoms. The highest BCUT2D eigenvalue weighted by atomic mass is 16.5. The van der Waals surface area contributed by atoms with E-state index in [0.29, 0.717) is 18.0 Å². The quantitative estimate of drug-likeness (QED) is 0.839. The maximum Gasteiger partial charge on any atom is 0.144 e. The molecule has 0 radical (unpaired) electrons. The fourth-order valence-corrected chi connectivity index (χ4v) is 2.02. The van der Waals surface area contributed by atoms with Gasteiger partial charge < -0.3 is 10.1 Å². The molecular formula is C14H21N3O. The largest absolute Gasteiger partial charge is 0.383 e. The highest BCUT2D eigenvalue weighted by Gasteiger charge is 2.13. The Morgan fingerprint density at radius 2 is 2.22 bits per heavy atom. The Morgan fingerprint density at radius 1 is 1.50 bits per heavy atom. The number of hydrogen-bond acceptors (Lipinski definition) is 4. The van der Waals surface area contributed by atoms with Gasteiger partial charge in [0.25, 0.3) is 0 Å². The zero-order chi connectivity index (χ0) is 13.5. The minimum absolute atomic E-state index is 0.195. The van der Waals surface area contributed by atoms with Crippen LogP contribution < -0.4 is 5.32 Å². The van der Waals surface area contributed by atoms with Crippen LogP contribution in [0.15, 0.2) is 6.07 Å². The van der Waals surface area contributed by atoms with Crippen molar-refractivity contribution in [2.75, 3.05) is 19.0 Å². The summed E-state index contributed by atoms with van der Waals surface area (Å²) in [6.45, 7) is 6.62. The molecule has 1 N–H and O–H groups in total. The van der Waals surface area contributed by atoms with Crippen molar-refractivity contribution in [3.05, 3.63) is 22.9 Å². The Bertz CT molecular complexity index is 431. The minimum atomic E-state index is 0.195. The first kappa shape index (κ1) is 14.5. The molecule has 0 saturated heterocycles. The second kappa shape index (κ2) is 6.97. The van der Waals surface area contributed by atoms with E-state index >= 15 is 0 Å². The molecule has 0 fully saturated rings. The van der Waals surface area contributed by atoms with Gasteiger partial charge >= 0.3 is 0 Å². The molecule has 18 heavy (non-hydrogen) atoms. The predicted molar refractivity (Wildman–Crippen MR) is 72.6 cm³/mol. The summed E-state index contributed by atoms with van der Waals surface area (Å²) in [5.41, 5.74) is 2.50. The second-order valence-corrected chi connectivity index (χ2v) is 4.50. The van der Waals surface area contributed by atoms with Crippen LogP contribution in [0, 0.1) is 25.2 Å². The van der Waals surface area contributed by atoms with Crippen molar-refractivity contribution < 1.29 is 4.74 Å². The van der Waals surface area contributed by atoms with Crippen molar-refractivity contribution in [1.29, 1.82) is 5.26 Å². The average Bonchev–Trinajstić information content (AvgIpc) is 2.29. The topological polar surface area (TPSA) is 57.9 Å². The third-order valence-electron chi connectivity index (χ3n) is 2.80. The van der Waals surface area contributed by atoms with E-state index in [2.05, 4.69) is 23.3 Å². The number of aryl methyl sites for hydroxylation is 2. The molecule has 1 atom stereocenters. The van der Waals surface area contributed by atoms with Crippen LogP contribution >= 0.6 is 0 Å². The van der Waals surface area contributed by atoms with Crippen molar-refractivity contribution in [2.45, 2.75) is 39.7 Å². The zero-order valence-corrected chi connectivity index (χ0v) is 11.6. The van der Waals surface area contributed by atoms with Gasteiger partial charge in [-0.1, -0.05) is 13.3 Å². The lowest BCUT2D eigenvalue weighted by Gasteiger charge is -2.19. The number of ether oxygens (including phenoxy) is 1. The van der Waals surface area contributed by atoms with Crippen molar-refractivity contribution >= 4 is 5.82 Å². The highest BCUT2D eigenvalue weighted by molar-refractivity contribution is 5.56. The normalized spacial score (nSPS) is 11.9. The Kier molecular flexibility index (Phi) is 5.60. The molecule has 0 aliphatic carbocycles. The molecule has 0 saturated carbocycles. The van der Waals surface area contributed by atoms with Crippen LogP contribution in [0.4, 0.5) is 5.82 Å². The van der Waals surface area contributed by atoms with Crippen LogP contribution in [0.2, 0.25) is 0 Å². The fourth-order valence-electron chi connectivity index (χ4n) is 2.02. The molecule has 0 aliphatic rings. The first-order valence-corrected chi connectivity index (χ1v) is 6.26. The smallest absolute Gasteiger partial charge is 0.144 e. The second-order valence-electron chi connectivity index (χ2n) is 4.50. The molecular weight excluding hydrogens is 226 g/mol. The zero-order valence-electron chi connectivity index (χ0n) is 11.6. The van der Waals surface area contributed by atoms with E-state index in [4.69, 9.17) is 4.74 Å². The standard InChI is InChI=1S/C14H21N3O/c1-5-6-12(9-18-4)17-14-13(8-15)10(2)7-11(3)16-14/h7,12H,5-6,9H2,1-4H3,(H,16,17). The molecule has 1 aromatic rings. The molecule has 4 nitrogen and oxygen atoms in total. The van der Waals surface area contributed by atoms with Gasteiger partial charge in [-0.25, -0.2) is 4.98 Å². The lowest BCUT2D eigenvalue weighted by molar-refractivity contribution is 0.182. The number of nitrogens with zero attached hydrogens (tertiary/aromatic N) is 2. The molecule has 1 rings (SSSR count). The van der Waals surface area contributed by atoms with Gasteiger partial charge in [-0.05, 0) is 31.9 Å². The van der Waals surface area contributed by atoms with Crippen LogP contribution in [-0.2, 0) is 4.74 Å². The van der Waals surface area contributed by atoms with Crippen LogP contribution in [0.1, 0.15) is 36.6 Å². The van der Waals surface area contributed by atoms with Gasteiger partial charge in [0, 0.05) is 12.8 Å². The van der Waals surface area contributed by atoms with Gasteiger partial charge in [0.1, 0.15) is 11.9 Å². The van der Waals surface area contributed by atoms with Crippen molar-refractivity contribution in [3.63, 3.8) is 0 Å². The first-order chi connectivity index (χ1) is 8.62. The molecule has 1 aromatic heterocycles. The van der Waals surface area contributed by atoms with Crippen molar-refractivity contribution in [3.8, 4) is 6.07 Å². The summed E-state index contributed by atoms with van der Waals surface area (Å²) >= 11 is 0. The van der Waals surface area contributed by atoms with Crippen LogP contribution in [-0.4, -0.2) is 24.7 Å². The van der Waals surface area contributed by atoms with Gasteiger partial charge in [-0.2, -0.15) is 5.26 Å². The predicted octanol–water partition coefficient (Wildman–Crippen LogP) is 2.80. The van der Waals surface area contributed by atoms with Gasteiger partial charge in [-0.15, -0.1) is 0 Å². The SMILES string of the molecule is CCCC(COC)Nc1nc(C)cc(C)c1C#N. The Hall–Kier alpha value is -1.60. The molecule has 0 amide bonds. The van der Waals surface area contributed by atoms with Crippen LogP contribution in [0.5, 0.6) is 0 Å². The molecule has 0 bridgehead atoms. The van der Waals surface area contributed by atoms with E-state index in [1.807, 2.05) is 19.9 Å². The number of pyridine rings is 1. The minimum Gasteiger partial charge on any atom is -0.383 e. The van der Waals surface area contributed by atoms with E-state index in [9.17, 15) is 5.26 Å². The highest BCUT2D eigenvalue weighted by Crippen LogP contribution is 2.19. The van der Waals surface area contributed by atoms with E-state index in [-0.39, 0.29) is 6.04 Å². The molecule has 1 heterocycles. The lowest BCUT2D eigenvalue weighted by atomic mass is 10.1. The number of anilines is 1. The van der Waals surface area contributed by atoms with Crippen molar-refractivity contribution in [2.24, 2.45) is 0 Å². The van der Waals surface area contributed by atoms with Gasteiger partial charge in [-0.3, -0.25) is 0 Å². The summed E-state index contributed by atoms with van der Waals surface area (Å²) < 4.78 is 5.19. The average molecular weight is 247 g/mol. The summed E-state index contributed by atoms with van der Waals surface area (Å²) in [4.78, 5) is 4.42.